The number of pyridine rings is 1. The predicted octanol–water partition coefficient (Wildman–Crippen LogP) is 1.30. The number of hydrogen-bond acceptors (Lipinski definition) is 2. The smallest absolute Gasteiger partial charge is 0.252 e. The van der Waals surface area contributed by atoms with Gasteiger partial charge in [0.2, 0.25) is 0 Å². The van der Waals surface area contributed by atoms with Gasteiger partial charge in [-0.05, 0) is 18.9 Å². The molecule has 0 N–H and O–H groups in total. The first-order valence-corrected chi connectivity index (χ1v) is 4.27. The average Bonchev–Trinajstić information content (AvgIpc) is 2.61. The van der Waals surface area contributed by atoms with Gasteiger partial charge in [-0.2, -0.15) is 0 Å². The quantitative estimate of drug-likeness (QED) is 0.657. The zero-order valence-electron chi connectivity index (χ0n) is 7.07. The van der Waals surface area contributed by atoms with Crippen molar-refractivity contribution in [2.24, 2.45) is 0 Å². The zero-order valence-corrected chi connectivity index (χ0v) is 7.07. The van der Waals surface area contributed by atoms with Crippen molar-refractivity contribution in [2.45, 2.75) is 19.1 Å². The van der Waals surface area contributed by atoms with E-state index in [2.05, 4.69) is 0 Å². The summed E-state index contributed by atoms with van der Waals surface area (Å²) in [5, 5.41) is 0. The van der Waals surface area contributed by atoms with E-state index in [1.165, 1.54) is 16.8 Å². The second kappa shape index (κ2) is 3.30. The Morgan fingerprint density at radius 3 is 3.08 bits per heavy atom. The molecule has 1 aromatic rings. The van der Waals surface area contributed by atoms with Crippen LogP contribution < -0.4 is 5.56 Å². The maximum absolute atomic E-state index is 12.8. The topological polar surface area (TPSA) is 31.2 Å². The molecule has 1 saturated heterocycles. The van der Waals surface area contributed by atoms with Crippen molar-refractivity contribution in [3.63, 3.8) is 0 Å². The lowest BCUT2D eigenvalue weighted by atomic mass is 10.3. The number of ether oxygens (including phenoxy) is 1. The molecule has 13 heavy (non-hydrogen) atoms. The van der Waals surface area contributed by atoms with E-state index in [9.17, 15) is 9.18 Å². The number of nitrogens with zero attached hydrogens (tertiary/aromatic N) is 1. The third-order valence-electron chi connectivity index (χ3n) is 2.12. The summed E-state index contributed by atoms with van der Waals surface area (Å²) in [6, 6.07) is 2.38. The van der Waals surface area contributed by atoms with Gasteiger partial charge in [-0.15, -0.1) is 0 Å². The Hall–Kier alpha value is -1.16. The fraction of sp³-hybridized carbons (Fsp3) is 0.444. The number of aromatic nitrogens is 1. The minimum atomic E-state index is -0.407. The maximum Gasteiger partial charge on any atom is 0.252 e. The predicted molar refractivity (Wildman–Crippen MR) is 44.9 cm³/mol. The first kappa shape index (κ1) is 8.44. The summed E-state index contributed by atoms with van der Waals surface area (Å²) in [4.78, 5) is 11.3. The van der Waals surface area contributed by atoms with Crippen LogP contribution in [0, 0.1) is 5.82 Å². The van der Waals surface area contributed by atoms with Gasteiger partial charge in [-0.25, -0.2) is 4.39 Å². The molecule has 3 nitrogen and oxygen atoms in total. The Bertz CT molecular complexity index is 355. The van der Waals surface area contributed by atoms with Crippen molar-refractivity contribution in [1.82, 2.24) is 4.57 Å². The molecule has 0 saturated carbocycles. The van der Waals surface area contributed by atoms with E-state index < -0.39 is 5.82 Å². The minimum Gasteiger partial charge on any atom is -0.358 e. The molecular weight excluding hydrogens is 173 g/mol. The van der Waals surface area contributed by atoms with Crippen molar-refractivity contribution >= 4 is 0 Å². The highest BCUT2D eigenvalue weighted by atomic mass is 19.1. The summed E-state index contributed by atoms with van der Waals surface area (Å²) in [5.74, 6) is -0.407. The molecule has 0 amide bonds. The summed E-state index contributed by atoms with van der Waals surface area (Å²) in [6.07, 6.45) is 2.62. The molecule has 4 heteroatoms. The van der Waals surface area contributed by atoms with E-state index >= 15 is 0 Å². The fourth-order valence-corrected chi connectivity index (χ4v) is 1.48. The summed E-state index contributed by atoms with van der Waals surface area (Å²) in [6.45, 7) is 0.646. The van der Waals surface area contributed by atoms with Crippen molar-refractivity contribution in [3.8, 4) is 0 Å². The van der Waals surface area contributed by atoms with Gasteiger partial charge in [0.1, 0.15) is 12.0 Å². The average molecular weight is 183 g/mol. The van der Waals surface area contributed by atoms with Crippen LogP contribution in [0.2, 0.25) is 0 Å². The van der Waals surface area contributed by atoms with Crippen molar-refractivity contribution in [1.29, 1.82) is 0 Å². The maximum atomic E-state index is 12.8. The Balaban J connectivity index is 2.37. The number of rotatable bonds is 1. The van der Waals surface area contributed by atoms with Gasteiger partial charge in [0.25, 0.3) is 5.56 Å². The van der Waals surface area contributed by atoms with Crippen LogP contribution in [0.4, 0.5) is 4.39 Å². The Kier molecular flexibility index (Phi) is 2.14. The largest absolute Gasteiger partial charge is 0.358 e. The second-order valence-corrected chi connectivity index (χ2v) is 3.06. The van der Waals surface area contributed by atoms with E-state index in [0.717, 1.165) is 18.9 Å². The zero-order chi connectivity index (χ0) is 9.26. The molecule has 0 aromatic carbocycles. The van der Waals surface area contributed by atoms with Gasteiger partial charge < -0.3 is 4.74 Å². The molecule has 0 spiro atoms. The van der Waals surface area contributed by atoms with E-state index in [1.54, 1.807) is 0 Å². The van der Waals surface area contributed by atoms with E-state index in [1.807, 2.05) is 0 Å². The first-order valence-electron chi connectivity index (χ1n) is 4.27. The summed E-state index contributed by atoms with van der Waals surface area (Å²) in [7, 11) is 0. The molecule has 2 rings (SSSR count). The highest BCUT2D eigenvalue weighted by Gasteiger charge is 2.18. The third-order valence-corrected chi connectivity index (χ3v) is 2.12. The van der Waals surface area contributed by atoms with Gasteiger partial charge in [0, 0.05) is 18.9 Å². The molecule has 1 aromatic heterocycles. The highest BCUT2D eigenvalue weighted by Crippen LogP contribution is 2.20. The first-order chi connectivity index (χ1) is 6.27. The lowest BCUT2D eigenvalue weighted by Gasteiger charge is -2.12. The molecule has 0 aliphatic carbocycles. The normalized spacial score (nSPS) is 22.1. The monoisotopic (exact) mass is 183 g/mol. The second-order valence-electron chi connectivity index (χ2n) is 3.06. The molecule has 0 radical (unpaired) electrons. The molecule has 1 fully saturated rings. The van der Waals surface area contributed by atoms with Crippen LogP contribution >= 0.6 is 0 Å². The molecule has 70 valence electrons. The Morgan fingerprint density at radius 2 is 2.38 bits per heavy atom. The van der Waals surface area contributed by atoms with Crippen LogP contribution in [0.15, 0.2) is 23.1 Å². The van der Waals surface area contributed by atoms with Crippen LogP contribution in [-0.4, -0.2) is 11.2 Å². The van der Waals surface area contributed by atoms with Crippen LogP contribution in [-0.2, 0) is 4.74 Å². The Morgan fingerprint density at radius 1 is 1.54 bits per heavy atom. The third kappa shape index (κ3) is 1.62. The van der Waals surface area contributed by atoms with Gasteiger partial charge in [0.15, 0.2) is 0 Å². The fourth-order valence-electron chi connectivity index (χ4n) is 1.48. The highest BCUT2D eigenvalue weighted by molar-refractivity contribution is 4.97. The summed E-state index contributed by atoms with van der Waals surface area (Å²) in [5.41, 5.74) is -0.215. The molecule has 1 aliphatic heterocycles. The van der Waals surface area contributed by atoms with Gasteiger partial charge >= 0.3 is 0 Å². The number of halogens is 1. The molecule has 1 atom stereocenters. The van der Waals surface area contributed by atoms with Gasteiger partial charge in [-0.1, -0.05) is 0 Å². The molecule has 0 bridgehead atoms. The van der Waals surface area contributed by atoms with Crippen LogP contribution in [0.5, 0.6) is 0 Å². The van der Waals surface area contributed by atoms with Crippen LogP contribution in [0.1, 0.15) is 19.1 Å². The van der Waals surface area contributed by atoms with Crippen molar-refractivity contribution < 1.29 is 9.13 Å². The Labute approximate surface area is 74.8 Å². The summed E-state index contributed by atoms with van der Waals surface area (Å²) >= 11 is 0. The van der Waals surface area contributed by atoms with E-state index in [0.29, 0.717) is 6.61 Å². The molecular formula is C9H10FNO2. The minimum absolute atomic E-state index is 0.215. The number of hydrogen-bond donors (Lipinski definition) is 0. The van der Waals surface area contributed by atoms with Crippen LogP contribution in [0.25, 0.3) is 0 Å². The van der Waals surface area contributed by atoms with Crippen molar-refractivity contribution in [3.05, 3.63) is 34.5 Å². The van der Waals surface area contributed by atoms with Gasteiger partial charge in [0.05, 0.1) is 0 Å². The molecule has 2 heterocycles. The lowest BCUT2D eigenvalue weighted by molar-refractivity contribution is 0.0530. The SMILES string of the molecule is O=c1ccc(F)cn1C1CCCO1. The van der Waals surface area contributed by atoms with E-state index in [4.69, 9.17) is 4.74 Å². The lowest BCUT2D eigenvalue weighted by Crippen LogP contribution is -2.23. The van der Waals surface area contributed by atoms with Crippen LogP contribution in [0.3, 0.4) is 0 Å². The standard InChI is InChI=1S/C9H10FNO2/c10-7-3-4-8(12)11(6-7)9-2-1-5-13-9/h3-4,6,9H,1-2,5H2. The molecule has 1 unspecified atom stereocenters. The molecule has 1 aliphatic rings. The van der Waals surface area contributed by atoms with Crippen molar-refractivity contribution in [2.75, 3.05) is 6.61 Å². The van der Waals surface area contributed by atoms with Gasteiger partial charge in [-0.3, -0.25) is 9.36 Å². The summed E-state index contributed by atoms with van der Waals surface area (Å²) < 4.78 is 19.4. The van der Waals surface area contributed by atoms with E-state index in [-0.39, 0.29) is 11.8 Å².